The average molecular weight is 311 g/mol. The number of aliphatic carboxylic acids is 1. The highest BCUT2D eigenvalue weighted by Crippen LogP contribution is 2.30. The Bertz CT molecular complexity index is 684. The van der Waals surface area contributed by atoms with Crippen molar-refractivity contribution in [3.05, 3.63) is 65.2 Å². The maximum absolute atomic E-state index is 11.5. The van der Waals surface area contributed by atoms with Crippen LogP contribution in [0.5, 0.6) is 0 Å². The van der Waals surface area contributed by atoms with Gasteiger partial charge in [0.1, 0.15) is 0 Å². The fourth-order valence-corrected chi connectivity index (χ4v) is 3.20. The largest absolute Gasteiger partial charge is 0.479 e. The molecule has 0 radical (unpaired) electrons. The Kier molecular flexibility index (Phi) is 4.63. The zero-order valence-corrected chi connectivity index (χ0v) is 12.9. The Labute approximate surface area is 135 Å². The van der Waals surface area contributed by atoms with Crippen molar-refractivity contribution in [2.45, 2.75) is 25.4 Å². The van der Waals surface area contributed by atoms with Gasteiger partial charge in [-0.05, 0) is 47.9 Å². The molecule has 2 atom stereocenters. The van der Waals surface area contributed by atoms with Gasteiger partial charge >= 0.3 is 5.97 Å². The molecule has 2 aromatic carbocycles. The standard InChI is InChI=1S/C19H21NO3/c20-17-8-4-7-14-10-9-13(11-16(14)17)12-23-18(19(21)22)15-5-2-1-3-6-15/h1-8,13,18H,9-12,20H2,(H,21,22)/t13?,18-/m1/s1. The van der Waals surface area contributed by atoms with E-state index >= 15 is 0 Å². The molecule has 0 aliphatic heterocycles. The third-order valence-corrected chi connectivity index (χ3v) is 4.45. The second-order valence-corrected chi connectivity index (χ2v) is 6.06. The molecule has 0 aromatic heterocycles. The zero-order valence-electron chi connectivity index (χ0n) is 12.9. The lowest BCUT2D eigenvalue weighted by Crippen LogP contribution is -2.24. The lowest BCUT2D eigenvalue weighted by molar-refractivity contribution is -0.151. The first-order chi connectivity index (χ1) is 11.1. The predicted molar refractivity (Wildman–Crippen MR) is 89.1 cm³/mol. The molecule has 0 bridgehead atoms. The minimum Gasteiger partial charge on any atom is -0.479 e. The molecule has 1 unspecified atom stereocenters. The second kappa shape index (κ2) is 6.84. The Morgan fingerprint density at radius 3 is 2.74 bits per heavy atom. The van der Waals surface area contributed by atoms with Gasteiger partial charge in [0.05, 0.1) is 6.61 Å². The van der Waals surface area contributed by atoms with Crippen molar-refractivity contribution < 1.29 is 14.6 Å². The maximum Gasteiger partial charge on any atom is 0.337 e. The number of carboxylic acid groups (broad SMARTS) is 1. The van der Waals surface area contributed by atoms with Crippen LogP contribution in [0, 0.1) is 5.92 Å². The quantitative estimate of drug-likeness (QED) is 0.832. The number of ether oxygens (including phenoxy) is 1. The molecule has 23 heavy (non-hydrogen) atoms. The molecule has 0 saturated heterocycles. The zero-order chi connectivity index (χ0) is 16.2. The second-order valence-electron chi connectivity index (χ2n) is 6.06. The first-order valence-corrected chi connectivity index (χ1v) is 7.90. The van der Waals surface area contributed by atoms with E-state index in [2.05, 4.69) is 6.07 Å². The summed E-state index contributed by atoms with van der Waals surface area (Å²) in [6.07, 6.45) is 1.91. The third kappa shape index (κ3) is 3.54. The van der Waals surface area contributed by atoms with Crippen LogP contribution in [0.15, 0.2) is 48.5 Å². The molecule has 3 N–H and O–H groups in total. The van der Waals surface area contributed by atoms with Crippen molar-refractivity contribution in [3.8, 4) is 0 Å². The molecule has 0 amide bonds. The summed E-state index contributed by atoms with van der Waals surface area (Å²) in [5.41, 5.74) is 10.1. The van der Waals surface area contributed by atoms with Crippen molar-refractivity contribution in [3.63, 3.8) is 0 Å². The highest BCUT2D eigenvalue weighted by molar-refractivity contribution is 5.74. The van der Waals surface area contributed by atoms with E-state index in [-0.39, 0.29) is 0 Å². The van der Waals surface area contributed by atoms with E-state index in [1.807, 2.05) is 30.3 Å². The Morgan fingerprint density at radius 1 is 1.22 bits per heavy atom. The summed E-state index contributed by atoms with van der Waals surface area (Å²) >= 11 is 0. The molecule has 0 heterocycles. The van der Waals surface area contributed by atoms with E-state index in [0.717, 1.165) is 24.9 Å². The van der Waals surface area contributed by atoms with E-state index in [4.69, 9.17) is 10.5 Å². The Hall–Kier alpha value is -2.33. The molecule has 2 aromatic rings. The van der Waals surface area contributed by atoms with Crippen molar-refractivity contribution in [2.24, 2.45) is 5.92 Å². The number of hydrogen-bond donors (Lipinski definition) is 2. The van der Waals surface area contributed by atoms with Gasteiger partial charge < -0.3 is 15.6 Å². The number of anilines is 1. The normalized spacial score (nSPS) is 18.2. The molecule has 4 nitrogen and oxygen atoms in total. The molecule has 1 aliphatic rings. The summed E-state index contributed by atoms with van der Waals surface area (Å²) in [6, 6.07) is 15.1. The topological polar surface area (TPSA) is 72.5 Å². The monoisotopic (exact) mass is 311 g/mol. The van der Waals surface area contributed by atoms with Gasteiger partial charge in [-0.15, -0.1) is 0 Å². The van der Waals surface area contributed by atoms with Gasteiger partial charge in [-0.3, -0.25) is 0 Å². The van der Waals surface area contributed by atoms with E-state index < -0.39 is 12.1 Å². The fraction of sp³-hybridized carbons (Fsp3) is 0.316. The van der Waals surface area contributed by atoms with Crippen molar-refractivity contribution in [1.29, 1.82) is 0 Å². The van der Waals surface area contributed by atoms with Gasteiger partial charge in [0.25, 0.3) is 0 Å². The highest BCUT2D eigenvalue weighted by atomic mass is 16.5. The molecule has 0 saturated carbocycles. The van der Waals surface area contributed by atoms with E-state index in [9.17, 15) is 9.90 Å². The van der Waals surface area contributed by atoms with E-state index in [1.54, 1.807) is 12.1 Å². The summed E-state index contributed by atoms with van der Waals surface area (Å²) in [5.74, 6) is -0.648. The lowest BCUT2D eigenvalue weighted by atomic mass is 9.83. The minimum atomic E-state index is -0.952. The number of nitrogen functional groups attached to an aromatic ring is 1. The number of hydrogen-bond acceptors (Lipinski definition) is 3. The summed E-state index contributed by atoms with van der Waals surface area (Å²) < 4.78 is 5.74. The number of nitrogens with two attached hydrogens (primary N) is 1. The highest BCUT2D eigenvalue weighted by Gasteiger charge is 2.25. The van der Waals surface area contributed by atoms with Crippen LogP contribution in [0.2, 0.25) is 0 Å². The first-order valence-electron chi connectivity index (χ1n) is 7.90. The van der Waals surface area contributed by atoms with Crippen LogP contribution in [0.25, 0.3) is 0 Å². The summed E-state index contributed by atoms with van der Waals surface area (Å²) in [7, 11) is 0. The average Bonchev–Trinajstić information content (AvgIpc) is 2.56. The molecule has 120 valence electrons. The van der Waals surface area contributed by atoms with E-state index in [1.165, 1.54) is 11.1 Å². The van der Waals surface area contributed by atoms with Crippen molar-refractivity contribution in [2.75, 3.05) is 12.3 Å². The SMILES string of the molecule is Nc1cccc2c1CC(CO[C@@H](C(=O)O)c1ccccc1)CC2. The van der Waals surface area contributed by atoms with Crippen LogP contribution >= 0.6 is 0 Å². The van der Waals surface area contributed by atoms with Crippen LogP contribution in [-0.4, -0.2) is 17.7 Å². The third-order valence-electron chi connectivity index (χ3n) is 4.45. The Balaban J connectivity index is 1.66. The van der Waals surface area contributed by atoms with Gasteiger partial charge in [-0.25, -0.2) is 4.79 Å². The minimum absolute atomic E-state index is 0.303. The van der Waals surface area contributed by atoms with Crippen LogP contribution in [0.3, 0.4) is 0 Å². The lowest BCUT2D eigenvalue weighted by Gasteiger charge is -2.26. The number of fused-ring (bicyclic) bond motifs is 1. The molecular formula is C19H21NO3. The summed E-state index contributed by atoms with van der Waals surface area (Å²) in [6.45, 7) is 0.430. The smallest absolute Gasteiger partial charge is 0.337 e. The Morgan fingerprint density at radius 2 is 2.00 bits per heavy atom. The number of carboxylic acids is 1. The fourth-order valence-electron chi connectivity index (χ4n) is 3.20. The molecule has 1 aliphatic carbocycles. The van der Waals surface area contributed by atoms with Gasteiger partial charge in [0.2, 0.25) is 0 Å². The summed E-state index contributed by atoms with van der Waals surface area (Å²) in [5, 5.41) is 9.41. The number of benzene rings is 2. The van der Waals surface area contributed by atoms with E-state index in [0.29, 0.717) is 18.1 Å². The van der Waals surface area contributed by atoms with Crippen LogP contribution in [0.4, 0.5) is 5.69 Å². The van der Waals surface area contributed by atoms with Crippen LogP contribution in [-0.2, 0) is 22.4 Å². The molecule has 0 fully saturated rings. The molecular weight excluding hydrogens is 290 g/mol. The van der Waals surface area contributed by atoms with Crippen LogP contribution in [0.1, 0.15) is 29.2 Å². The van der Waals surface area contributed by atoms with Gasteiger partial charge in [0.15, 0.2) is 6.10 Å². The molecule has 0 spiro atoms. The summed E-state index contributed by atoms with van der Waals surface area (Å²) in [4.78, 5) is 11.5. The first kappa shape index (κ1) is 15.6. The van der Waals surface area contributed by atoms with Gasteiger partial charge in [-0.2, -0.15) is 0 Å². The van der Waals surface area contributed by atoms with Crippen LogP contribution < -0.4 is 5.73 Å². The maximum atomic E-state index is 11.5. The molecule has 3 rings (SSSR count). The van der Waals surface area contributed by atoms with Gasteiger partial charge in [0, 0.05) is 5.69 Å². The number of carbonyl (C=O) groups is 1. The predicted octanol–water partition coefficient (Wildman–Crippen LogP) is 3.22. The van der Waals surface area contributed by atoms with Crippen molar-refractivity contribution in [1.82, 2.24) is 0 Å². The number of aryl methyl sites for hydroxylation is 1. The number of rotatable bonds is 5. The van der Waals surface area contributed by atoms with Gasteiger partial charge in [-0.1, -0.05) is 42.5 Å². The van der Waals surface area contributed by atoms with Crippen molar-refractivity contribution >= 4 is 11.7 Å². The molecule has 4 heteroatoms.